The van der Waals surface area contributed by atoms with E-state index in [-0.39, 0.29) is 5.75 Å². The average molecular weight is 279 g/mol. The Morgan fingerprint density at radius 2 is 2.19 bits per heavy atom. The molecular weight excluding hydrogens is 268 g/mol. The molecule has 1 aromatic carbocycles. The summed E-state index contributed by atoms with van der Waals surface area (Å²) in [6.45, 7) is 0.640. The molecule has 82 valence electrons. The lowest BCUT2D eigenvalue weighted by Gasteiger charge is -2.08. The van der Waals surface area contributed by atoms with E-state index in [1.807, 2.05) is 18.2 Å². The number of nitrogens with zero attached hydrogens (tertiary/aromatic N) is 1. The Kier molecular flexibility index (Phi) is 3.41. The second-order valence-corrected chi connectivity index (χ2v) is 4.23. The van der Waals surface area contributed by atoms with Gasteiger partial charge in [0.25, 0.3) is 0 Å². The average Bonchev–Trinajstić information content (AvgIpc) is 2.32. The summed E-state index contributed by atoms with van der Waals surface area (Å²) in [6, 6.07) is 9.03. The third-order valence-electron chi connectivity index (χ3n) is 2.17. The maximum atomic E-state index is 9.37. The van der Waals surface area contributed by atoms with Crippen molar-refractivity contribution in [1.82, 2.24) is 4.98 Å². The molecule has 0 aliphatic rings. The van der Waals surface area contributed by atoms with Crippen molar-refractivity contribution in [3.05, 3.63) is 52.8 Å². The minimum Gasteiger partial charge on any atom is -0.508 e. The minimum atomic E-state index is 0.270. The maximum Gasteiger partial charge on any atom is 0.115 e. The Hall–Kier alpha value is -1.55. The summed E-state index contributed by atoms with van der Waals surface area (Å²) in [5.41, 5.74) is 1.96. The summed E-state index contributed by atoms with van der Waals surface area (Å²) in [5, 5.41) is 12.6. The molecule has 2 N–H and O–H groups in total. The summed E-state index contributed by atoms with van der Waals surface area (Å²) in [4.78, 5) is 4.01. The van der Waals surface area contributed by atoms with Gasteiger partial charge in [-0.15, -0.1) is 0 Å². The van der Waals surface area contributed by atoms with Crippen LogP contribution in [0.1, 0.15) is 5.56 Å². The summed E-state index contributed by atoms with van der Waals surface area (Å²) < 4.78 is 0.974. The van der Waals surface area contributed by atoms with E-state index in [2.05, 4.69) is 26.2 Å². The zero-order chi connectivity index (χ0) is 11.4. The van der Waals surface area contributed by atoms with Gasteiger partial charge in [0.15, 0.2) is 0 Å². The normalized spacial score (nSPS) is 10.1. The van der Waals surface area contributed by atoms with Crippen LogP contribution in [0.15, 0.2) is 47.2 Å². The van der Waals surface area contributed by atoms with Gasteiger partial charge >= 0.3 is 0 Å². The first kappa shape index (κ1) is 11.0. The lowest BCUT2D eigenvalue weighted by Crippen LogP contribution is -2.00. The molecule has 0 fully saturated rings. The predicted octanol–water partition coefficient (Wildman–Crippen LogP) is 3.16. The Balaban J connectivity index is 2.08. The van der Waals surface area contributed by atoms with Crippen LogP contribution in [0.5, 0.6) is 5.75 Å². The number of phenolic OH excluding ortho intramolecular Hbond substituents is 1. The van der Waals surface area contributed by atoms with Crippen LogP contribution < -0.4 is 5.32 Å². The molecule has 0 aliphatic carbocycles. The van der Waals surface area contributed by atoms with E-state index in [0.717, 1.165) is 15.7 Å². The van der Waals surface area contributed by atoms with E-state index in [0.29, 0.717) is 6.54 Å². The SMILES string of the molecule is Oc1ccc(Br)c(CNc2cccnc2)c1. The van der Waals surface area contributed by atoms with Gasteiger partial charge in [0.2, 0.25) is 0 Å². The lowest BCUT2D eigenvalue weighted by atomic mass is 10.2. The van der Waals surface area contributed by atoms with Crippen molar-refractivity contribution in [2.45, 2.75) is 6.54 Å². The zero-order valence-corrected chi connectivity index (χ0v) is 10.1. The molecule has 0 amide bonds. The van der Waals surface area contributed by atoms with Gasteiger partial charge in [0.05, 0.1) is 5.69 Å². The Labute approximate surface area is 102 Å². The number of pyridine rings is 1. The molecule has 1 heterocycles. The van der Waals surface area contributed by atoms with Crippen molar-refractivity contribution in [3.8, 4) is 5.75 Å². The third kappa shape index (κ3) is 2.73. The van der Waals surface area contributed by atoms with Gasteiger partial charge in [-0.25, -0.2) is 0 Å². The fraction of sp³-hybridized carbons (Fsp3) is 0.0833. The van der Waals surface area contributed by atoms with Gasteiger partial charge in [-0.05, 0) is 35.9 Å². The molecule has 0 atom stereocenters. The van der Waals surface area contributed by atoms with Crippen molar-refractivity contribution in [3.63, 3.8) is 0 Å². The van der Waals surface area contributed by atoms with E-state index >= 15 is 0 Å². The highest BCUT2D eigenvalue weighted by Crippen LogP contribution is 2.22. The highest BCUT2D eigenvalue weighted by atomic mass is 79.9. The monoisotopic (exact) mass is 278 g/mol. The molecule has 16 heavy (non-hydrogen) atoms. The second-order valence-electron chi connectivity index (χ2n) is 3.37. The van der Waals surface area contributed by atoms with Gasteiger partial charge in [-0.1, -0.05) is 15.9 Å². The number of hydrogen-bond acceptors (Lipinski definition) is 3. The van der Waals surface area contributed by atoms with Crippen LogP contribution in [-0.2, 0) is 6.54 Å². The van der Waals surface area contributed by atoms with E-state index in [9.17, 15) is 5.11 Å². The van der Waals surface area contributed by atoms with Crippen LogP contribution >= 0.6 is 15.9 Å². The molecule has 3 nitrogen and oxygen atoms in total. The van der Waals surface area contributed by atoms with Crippen LogP contribution in [0.4, 0.5) is 5.69 Å². The highest BCUT2D eigenvalue weighted by Gasteiger charge is 2.01. The van der Waals surface area contributed by atoms with E-state index in [1.165, 1.54) is 0 Å². The van der Waals surface area contributed by atoms with Gasteiger partial charge in [0, 0.05) is 23.4 Å². The smallest absolute Gasteiger partial charge is 0.115 e. The molecule has 0 saturated heterocycles. The summed E-state index contributed by atoms with van der Waals surface area (Å²) in [6.07, 6.45) is 3.49. The second kappa shape index (κ2) is 4.99. The molecule has 4 heteroatoms. The van der Waals surface area contributed by atoms with Gasteiger partial charge in [-0.3, -0.25) is 4.98 Å². The summed E-state index contributed by atoms with van der Waals surface area (Å²) in [7, 11) is 0. The molecule has 0 spiro atoms. The van der Waals surface area contributed by atoms with E-state index in [1.54, 1.807) is 24.5 Å². The fourth-order valence-electron chi connectivity index (χ4n) is 1.36. The Bertz CT molecular complexity index is 474. The number of halogens is 1. The number of aromatic nitrogens is 1. The topological polar surface area (TPSA) is 45.1 Å². The van der Waals surface area contributed by atoms with Crippen LogP contribution in [0.3, 0.4) is 0 Å². The fourth-order valence-corrected chi connectivity index (χ4v) is 1.75. The number of rotatable bonds is 3. The van der Waals surface area contributed by atoms with Crippen LogP contribution in [0.25, 0.3) is 0 Å². The van der Waals surface area contributed by atoms with Gasteiger partial charge in [0.1, 0.15) is 5.75 Å². The first-order valence-electron chi connectivity index (χ1n) is 4.87. The third-order valence-corrected chi connectivity index (χ3v) is 2.95. The highest BCUT2D eigenvalue weighted by molar-refractivity contribution is 9.10. The molecule has 0 bridgehead atoms. The molecule has 2 rings (SSSR count). The first-order chi connectivity index (χ1) is 7.75. The molecule has 2 aromatic rings. The lowest BCUT2D eigenvalue weighted by molar-refractivity contribution is 0.474. The zero-order valence-electron chi connectivity index (χ0n) is 8.52. The largest absolute Gasteiger partial charge is 0.508 e. The number of nitrogens with one attached hydrogen (secondary N) is 1. The van der Waals surface area contributed by atoms with Crippen LogP contribution in [0, 0.1) is 0 Å². The molecule has 0 saturated carbocycles. The quantitative estimate of drug-likeness (QED) is 0.907. The summed E-state index contributed by atoms with van der Waals surface area (Å²) >= 11 is 3.44. The first-order valence-corrected chi connectivity index (χ1v) is 5.66. The molecular formula is C12H11BrN2O. The van der Waals surface area contributed by atoms with E-state index in [4.69, 9.17) is 0 Å². The molecule has 0 radical (unpaired) electrons. The van der Waals surface area contributed by atoms with E-state index < -0.39 is 0 Å². The van der Waals surface area contributed by atoms with Gasteiger partial charge < -0.3 is 10.4 Å². The Morgan fingerprint density at radius 1 is 1.31 bits per heavy atom. The molecule has 1 aromatic heterocycles. The Morgan fingerprint density at radius 3 is 2.94 bits per heavy atom. The van der Waals surface area contributed by atoms with Crippen molar-refractivity contribution < 1.29 is 5.11 Å². The molecule has 0 aliphatic heterocycles. The van der Waals surface area contributed by atoms with Crippen molar-refractivity contribution in [2.75, 3.05) is 5.32 Å². The predicted molar refractivity (Wildman–Crippen MR) is 67.4 cm³/mol. The maximum absolute atomic E-state index is 9.37. The van der Waals surface area contributed by atoms with Crippen molar-refractivity contribution >= 4 is 21.6 Å². The van der Waals surface area contributed by atoms with Gasteiger partial charge in [-0.2, -0.15) is 0 Å². The standard InChI is InChI=1S/C12H11BrN2O/c13-12-4-3-11(16)6-9(12)7-15-10-2-1-5-14-8-10/h1-6,8,15-16H,7H2. The van der Waals surface area contributed by atoms with Crippen molar-refractivity contribution in [2.24, 2.45) is 0 Å². The minimum absolute atomic E-state index is 0.270. The number of hydrogen-bond donors (Lipinski definition) is 2. The number of phenols is 1. The van der Waals surface area contributed by atoms with Crippen LogP contribution in [-0.4, -0.2) is 10.1 Å². The van der Waals surface area contributed by atoms with Crippen molar-refractivity contribution in [1.29, 1.82) is 0 Å². The van der Waals surface area contributed by atoms with Crippen LogP contribution in [0.2, 0.25) is 0 Å². The number of benzene rings is 1. The molecule has 0 unspecified atom stereocenters. The summed E-state index contributed by atoms with van der Waals surface area (Å²) in [5.74, 6) is 0.270. The number of aromatic hydroxyl groups is 1. The number of anilines is 1.